The second kappa shape index (κ2) is 7.36. The molecule has 0 bridgehead atoms. The van der Waals surface area contributed by atoms with Crippen molar-refractivity contribution < 1.29 is 17.9 Å². The number of hydrogen-bond acceptors (Lipinski definition) is 6. The minimum atomic E-state index is -3.59. The maximum atomic E-state index is 12.9. The lowest BCUT2D eigenvalue weighted by Crippen LogP contribution is -2.27. The fourth-order valence-electron chi connectivity index (χ4n) is 2.86. The molecule has 1 aromatic heterocycles. The van der Waals surface area contributed by atoms with Crippen LogP contribution in [0.15, 0.2) is 53.6 Å². The highest BCUT2D eigenvalue weighted by Gasteiger charge is 2.31. The lowest BCUT2D eigenvalue weighted by atomic mass is 10.1. The molecule has 1 amide bonds. The van der Waals surface area contributed by atoms with Crippen LogP contribution in [0.3, 0.4) is 0 Å². The van der Waals surface area contributed by atoms with Gasteiger partial charge in [0.2, 0.25) is 0 Å². The molecule has 3 aromatic rings. The molecule has 0 fully saturated rings. The Bertz CT molecular complexity index is 1200. The van der Waals surface area contributed by atoms with Gasteiger partial charge in [-0.3, -0.25) is 9.78 Å². The second-order valence-electron chi connectivity index (χ2n) is 7.56. The summed E-state index contributed by atoms with van der Waals surface area (Å²) in [5.41, 5.74) is 7.29. The molecular weight excluding hydrogens is 390 g/mol. The number of benzene rings is 2. The summed E-state index contributed by atoms with van der Waals surface area (Å²) in [6.07, 6.45) is 1.38. The number of rotatable bonds is 5. The first-order valence-corrected chi connectivity index (χ1v) is 10.4. The number of nitrogens with one attached hydrogen (secondary N) is 1. The zero-order valence-corrected chi connectivity index (χ0v) is 17.5. The number of pyridine rings is 1. The van der Waals surface area contributed by atoms with Crippen molar-refractivity contribution in [2.75, 3.05) is 12.4 Å². The summed E-state index contributed by atoms with van der Waals surface area (Å²) in [6, 6.07) is 11.8. The van der Waals surface area contributed by atoms with Gasteiger partial charge >= 0.3 is 0 Å². The predicted molar refractivity (Wildman–Crippen MR) is 113 cm³/mol. The van der Waals surface area contributed by atoms with Crippen LogP contribution >= 0.6 is 0 Å². The average molecular weight is 413 g/mol. The summed E-state index contributed by atoms with van der Waals surface area (Å²) in [5, 5.41) is 3.65. The Morgan fingerprint density at radius 3 is 2.48 bits per heavy atom. The zero-order chi connectivity index (χ0) is 21.4. The van der Waals surface area contributed by atoms with Gasteiger partial charge in [0.1, 0.15) is 5.75 Å². The quantitative estimate of drug-likeness (QED) is 0.660. The molecule has 0 aliphatic carbocycles. The number of amides is 1. The molecule has 3 rings (SSSR count). The third-order valence-corrected chi connectivity index (χ3v) is 7.05. The number of nitrogens with two attached hydrogens (primary N) is 1. The minimum absolute atomic E-state index is 0.148. The first kappa shape index (κ1) is 20.6. The van der Waals surface area contributed by atoms with Crippen LogP contribution in [-0.2, 0) is 9.84 Å². The molecule has 7 nitrogen and oxygen atoms in total. The maximum absolute atomic E-state index is 12.9. The number of aromatic nitrogens is 1. The number of ether oxygens (including phenoxy) is 1. The van der Waals surface area contributed by atoms with Crippen LogP contribution in [0.1, 0.15) is 31.1 Å². The predicted octanol–water partition coefficient (Wildman–Crippen LogP) is 3.66. The number of sulfone groups is 1. The molecule has 0 saturated carbocycles. The van der Waals surface area contributed by atoms with E-state index in [1.165, 1.54) is 18.3 Å². The smallest absolute Gasteiger partial charge is 0.252 e. The van der Waals surface area contributed by atoms with Crippen molar-refractivity contribution in [2.45, 2.75) is 30.4 Å². The van der Waals surface area contributed by atoms with E-state index in [2.05, 4.69) is 10.3 Å². The molecule has 0 aliphatic rings. The van der Waals surface area contributed by atoms with Gasteiger partial charge in [0, 0.05) is 23.3 Å². The molecule has 0 aliphatic heterocycles. The molecule has 1 heterocycles. The number of fused-ring (bicyclic) bond motifs is 1. The van der Waals surface area contributed by atoms with Gasteiger partial charge < -0.3 is 15.8 Å². The second-order valence-corrected chi connectivity index (χ2v) is 10.3. The van der Waals surface area contributed by atoms with Crippen molar-refractivity contribution in [1.29, 1.82) is 0 Å². The molecule has 0 saturated heterocycles. The van der Waals surface area contributed by atoms with Crippen molar-refractivity contribution in [2.24, 2.45) is 5.73 Å². The van der Waals surface area contributed by atoms with Crippen molar-refractivity contribution in [3.63, 3.8) is 0 Å². The highest BCUT2D eigenvalue weighted by atomic mass is 32.2. The lowest BCUT2D eigenvalue weighted by molar-refractivity contribution is 0.100. The van der Waals surface area contributed by atoms with Crippen molar-refractivity contribution in [3.8, 4) is 5.75 Å². The van der Waals surface area contributed by atoms with Gasteiger partial charge in [-0.15, -0.1) is 0 Å². The Hall–Kier alpha value is -3.13. The van der Waals surface area contributed by atoms with E-state index in [1.54, 1.807) is 58.2 Å². The molecule has 2 aromatic carbocycles. The third-order valence-electron chi connectivity index (χ3n) is 4.56. The van der Waals surface area contributed by atoms with Gasteiger partial charge in [-0.1, -0.05) is 6.07 Å². The molecule has 29 heavy (non-hydrogen) atoms. The third kappa shape index (κ3) is 3.88. The SMILES string of the molecule is COc1cccc(Nc2c(C(N)=O)cnc3ccc(S(=O)(=O)C(C)(C)C)cc23)c1. The number of nitrogens with zero attached hydrogens (tertiary/aromatic N) is 1. The Morgan fingerprint density at radius 1 is 1.14 bits per heavy atom. The average Bonchev–Trinajstić information content (AvgIpc) is 2.66. The van der Waals surface area contributed by atoms with Gasteiger partial charge in [-0.25, -0.2) is 8.42 Å². The van der Waals surface area contributed by atoms with Crippen LogP contribution in [0.2, 0.25) is 0 Å². The van der Waals surface area contributed by atoms with E-state index in [9.17, 15) is 13.2 Å². The van der Waals surface area contributed by atoms with Gasteiger partial charge in [0.05, 0.1) is 33.5 Å². The van der Waals surface area contributed by atoms with Crippen LogP contribution in [0.4, 0.5) is 11.4 Å². The van der Waals surface area contributed by atoms with Crippen molar-refractivity contribution >= 4 is 38.0 Å². The van der Waals surface area contributed by atoms with Crippen LogP contribution < -0.4 is 15.8 Å². The van der Waals surface area contributed by atoms with E-state index in [-0.39, 0.29) is 10.5 Å². The van der Waals surface area contributed by atoms with Gasteiger partial charge in [0.15, 0.2) is 9.84 Å². The lowest BCUT2D eigenvalue weighted by Gasteiger charge is -2.20. The number of anilines is 2. The number of hydrogen-bond donors (Lipinski definition) is 2. The number of carbonyl (C=O) groups is 1. The van der Waals surface area contributed by atoms with Gasteiger partial charge in [-0.05, 0) is 51.1 Å². The van der Waals surface area contributed by atoms with Crippen LogP contribution in [-0.4, -0.2) is 31.2 Å². The van der Waals surface area contributed by atoms with Crippen molar-refractivity contribution in [3.05, 3.63) is 54.2 Å². The van der Waals surface area contributed by atoms with Crippen LogP contribution in [0.5, 0.6) is 5.75 Å². The molecule has 0 spiro atoms. The normalized spacial score (nSPS) is 12.0. The first-order valence-electron chi connectivity index (χ1n) is 8.93. The summed E-state index contributed by atoms with van der Waals surface area (Å²) in [7, 11) is -2.04. The Kier molecular flexibility index (Phi) is 5.23. The molecule has 8 heteroatoms. The molecule has 152 valence electrons. The van der Waals surface area contributed by atoms with Crippen molar-refractivity contribution in [1.82, 2.24) is 4.98 Å². The molecule has 0 unspecified atom stereocenters. The number of carbonyl (C=O) groups excluding carboxylic acids is 1. The minimum Gasteiger partial charge on any atom is -0.497 e. The summed E-state index contributed by atoms with van der Waals surface area (Å²) in [6.45, 7) is 4.92. The molecule has 0 radical (unpaired) electrons. The van der Waals surface area contributed by atoms with Gasteiger partial charge in [-0.2, -0.15) is 0 Å². The highest BCUT2D eigenvalue weighted by molar-refractivity contribution is 7.92. The van der Waals surface area contributed by atoms with E-state index >= 15 is 0 Å². The summed E-state index contributed by atoms with van der Waals surface area (Å²) in [4.78, 5) is 16.4. The zero-order valence-electron chi connectivity index (χ0n) is 16.7. The van der Waals surface area contributed by atoms with E-state index in [0.717, 1.165) is 0 Å². The Labute approximate surface area is 169 Å². The monoisotopic (exact) mass is 413 g/mol. The summed E-state index contributed by atoms with van der Waals surface area (Å²) in [5.74, 6) is -0.0427. The summed E-state index contributed by atoms with van der Waals surface area (Å²) < 4.78 is 30.1. The maximum Gasteiger partial charge on any atom is 0.252 e. The Balaban J connectivity index is 2.26. The largest absolute Gasteiger partial charge is 0.497 e. The van der Waals surface area contributed by atoms with Crippen LogP contribution in [0, 0.1) is 0 Å². The van der Waals surface area contributed by atoms with E-state index in [4.69, 9.17) is 10.5 Å². The van der Waals surface area contributed by atoms with E-state index in [0.29, 0.717) is 28.0 Å². The molecule has 3 N–H and O–H groups in total. The number of primary amides is 1. The number of methoxy groups -OCH3 is 1. The first-order chi connectivity index (χ1) is 13.5. The fourth-order valence-corrected chi connectivity index (χ4v) is 4.09. The Morgan fingerprint density at radius 2 is 1.86 bits per heavy atom. The topological polar surface area (TPSA) is 111 Å². The fraction of sp³-hybridized carbons (Fsp3) is 0.238. The van der Waals surface area contributed by atoms with Gasteiger partial charge in [0.25, 0.3) is 5.91 Å². The molecular formula is C21H23N3O4S. The van der Waals surface area contributed by atoms with E-state index in [1.807, 2.05) is 0 Å². The molecule has 0 atom stereocenters. The van der Waals surface area contributed by atoms with Crippen LogP contribution in [0.25, 0.3) is 10.9 Å². The summed E-state index contributed by atoms with van der Waals surface area (Å²) >= 11 is 0. The highest BCUT2D eigenvalue weighted by Crippen LogP contribution is 2.33. The standard InChI is InChI=1S/C21H23N3O4S/c1-21(2,3)29(26,27)15-8-9-18-16(11-15)19(17(12-23-18)20(22)25)24-13-6-5-7-14(10-13)28-4/h5-12H,1-4H3,(H2,22,25)(H,23,24). The van der Waals surface area contributed by atoms with E-state index < -0.39 is 20.5 Å².